The molecule has 2 atom stereocenters. The molecule has 2 unspecified atom stereocenters. The number of nitrogens with zero attached hydrogens (tertiary/aromatic N) is 2. The molecule has 0 spiro atoms. The Kier molecular flexibility index (Phi) is 5.80. The van der Waals surface area contributed by atoms with Crippen LogP contribution in [0.3, 0.4) is 0 Å². The summed E-state index contributed by atoms with van der Waals surface area (Å²) in [6.07, 6.45) is 1.42. The third-order valence-electron chi connectivity index (χ3n) is 5.67. The molecule has 2 aromatic rings. The topological polar surface area (TPSA) is 25.4 Å². The summed E-state index contributed by atoms with van der Waals surface area (Å²) in [5, 5.41) is 0. The minimum Gasteiger partial charge on any atom is -0.373 e. The standard InChI is InChI=1S/C22H25F3N2OS/c1-21(29-18-6-4-5-17(13-18)22(23,24)25)9-12-28-19(14-21)16-7-8-20(26-15-16)27-10-2-3-11-27/h4-8,13,15,19H,2-3,9-12,14H2,1H3. The van der Waals surface area contributed by atoms with Gasteiger partial charge in [0, 0.05) is 35.5 Å². The predicted molar refractivity (Wildman–Crippen MR) is 109 cm³/mol. The quantitative estimate of drug-likeness (QED) is 0.594. The van der Waals surface area contributed by atoms with Crippen molar-refractivity contribution < 1.29 is 17.9 Å². The molecule has 0 saturated carbocycles. The number of rotatable bonds is 4. The number of anilines is 1. The van der Waals surface area contributed by atoms with Crippen LogP contribution in [0.25, 0.3) is 0 Å². The fraction of sp³-hybridized carbons (Fsp3) is 0.500. The predicted octanol–water partition coefficient (Wildman–Crippen LogP) is 6.10. The van der Waals surface area contributed by atoms with Crippen molar-refractivity contribution in [3.63, 3.8) is 0 Å². The van der Waals surface area contributed by atoms with Crippen LogP contribution in [-0.4, -0.2) is 29.4 Å². The van der Waals surface area contributed by atoms with Crippen molar-refractivity contribution in [2.24, 2.45) is 0 Å². The smallest absolute Gasteiger partial charge is 0.373 e. The first-order valence-corrected chi connectivity index (χ1v) is 10.8. The van der Waals surface area contributed by atoms with Gasteiger partial charge < -0.3 is 9.64 Å². The van der Waals surface area contributed by atoms with Crippen molar-refractivity contribution in [1.82, 2.24) is 4.98 Å². The van der Waals surface area contributed by atoms with Crippen molar-refractivity contribution >= 4 is 17.6 Å². The van der Waals surface area contributed by atoms with E-state index in [9.17, 15) is 13.2 Å². The summed E-state index contributed by atoms with van der Waals surface area (Å²) in [4.78, 5) is 7.56. The summed E-state index contributed by atoms with van der Waals surface area (Å²) in [6.45, 7) is 4.80. The first kappa shape index (κ1) is 20.5. The molecule has 4 rings (SSSR count). The number of aromatic nitrogens is 1. The number of pyridine rings is 1. The van der Waals surface area contributed by atoms with E-state index in [4.69, 9.17) is 4.74 Å². The molecule has 29 heavy (non-hydrogen) atoms. The van der Waals surface area contributed by atoms with E-state index < -0.39 is 11.7 Å². The summed E-state index contributed by atoms with van der Waals surface area (Å²) in [5.74, 6) is 1.00. The molecule has 0 amide bonds. The minimum absolute atomic E-state index is 0.0906. The maximum atomic E-state index is 13.0. The Hall–Kier alpha value is -1.73. The average Bonchev–Trinajstić information content (AvgIpc) is 3.22. The van der Waals surface area contributed by atoms with Gasteiger partial charge in [-0.3, -0.25) is 0 Å². The largest absolute Gasteiger partial charge is 0.416 e. The number of hydrogen-bond donors (Lipinski definition) is 0. The number of alkyl halides is 3. The Morgan fingerprint density at radius 1 is 1.17 bits per heavy atom. The zero-order chi connectivity index (χ0) is 20.5. The second-order valence-electron chi connectivity index (χ2n) is 8.04. The van der Waals surface area contributed by atoms with Crippen molar-refractivity contribution in [2.75, 3.05) is 24.6 Å². The van der Waals surface area contributed by atoms with E-state index in [0.29, 0.717) is 11.5 Å². The number of thioether (sulfide) groups is 1. The second kappa shape index (κ2) is 8.19. The molecule has 2 saturated heterocycles. The lowest BCUT2D eigenvalue weighted by Crippen LogP contribution is -2.32. The van der Waals surface area contributed by atoms with Crippen molar-refractivity contribution in [2.45, 2.75) is 54.5 Å². The first-order chi connectivity index (χ1) is 13.8. The molecule has 2 fully saturated rings. The van der Waals surface area contributed by atoms with Gasteiger partial charge in [0.1, 0.15) is 5.82 Å². The highest BCUT2D eigenvalue weighted by Gasteiger charge is 2.36. The molecule has 2 aliphatic rings. The zero-order valence-corrected chi connectivity index (χ0v) is 17.2. The number of benzene rings is 1. The molecule has 156 valence electrons. The molecular weight excluding hydrogens is 397 g/mol. The van der Waals surface area contributed by atoms with Gasteiger partial charge in [0.05, 0.1) is 11.7 Å². The van der Waals surface area contributed by atoms with E-state index >= 15 is 0 Å². The molecule has 3 heterocycles. The fourth-order valence-corrected chi connectivity index (χ4v) is 5.34. The van der Waals surface area contributed by atoms with Crippen molar-refractivity contribution in [3.05, 3.63) is 53.7 Å². The minimum atomic E-state index is -4.32. The molecular formula is C22H25F3N2OS. The summed E-state index contributed by atoms with van der Waals surface area (Å²) in [5.41, 5.74) is 0.430. The fourth-order valence-electron chi connectivity index (χ4n) is 4.02. The Morgan fingerprint density at radius 3 is 2.66 bits per heavy atom. The Balaban J connectivity index is 1.46. The van der Waals surface area contributed by atoms with Crippen LogP contribution >= 0.6 is 11.8 Å². The van der Waals surface area contributed by atoms with Gasteiger partial charge in [0.25, 0.3) is 0 Å². The van der Waals surface area contributed by atoms with Crippen LogP contribution in [-0.2, 0) is 10.9 Å². The van der Waals surface area contributed by atoms with Crippen LogP contribution in [0.1, 0.15) is 49.8 Å². The van der Waals surface area contributed by atoms with Gasteiger partial charge >= 0.3 is 6.18 Å². The molecule has 0 radical (unpaired) electrons. The SMILES string of the molecule is CC1(Sc2cccc(C(F)(F)F)c2)CCOC(c2ccc(N3CCCC3)nc2)C1. The summed E-state index contributed by atoms with van der Waals surface area (Å²) in [7, 11) is 0. The third kappa shape index (κ3) is 4.89. The van der Waals surface area contributed by atoms with E-state index in [0.717, 1.165) is 43.4 Å². The van der Waals surface area contributed by atoms with Crippen LogP contribution in [0, 0.1) is 0 Å². The molecule has 0 aliphatic carbocycles. The van der Waals surface area contributed by atoms with Crippen LogP contribution in [0.5, 0.6) is 0 Å². The summed E-state index contributed by atoms with van der Waals surface area (Å²) < 4.78 is 44.9. The second-order valence-corrected chi connectivity index (χ2v) is 9.70. The van der Waals surface area contributed by atoms with Gasteiger partial charge in [-0.25, -0.2) is 4.98 Å². The Bertz CT molecular complexity index is 837. The zero-order valence-electron chi connectivity index (χ0n) is 16.4. The Morgan fingerprint density at radius 2 is 1.97 bits per heavy atom. The average molecular weight is 423 g/mol. The number of hydrogen-bond acceptors (Lipinski definition) is 4. The van der Waals surface area contributed by atoms with E-state index in [1.807, 2.05) is 6.20 Å². The maximum Gasteiger partial charge on any atom is 0.416 e. The lowest BCUT2D eigenvalue weighted by Gasteiger charge is -2.38. The van der Waals surface area contributed by atoms with Crippen molar-refractivity contribution in [1.29, 1.82) is 0 Å². The van der Waals surface area contributed by atoms with Crippen LogP contribution in [0.15, 0.2) is 47.5 Å². The van der Waals surface area contributed by atoms with Gasteiger partial charge in [-0.1, -0.05) is 12.1 Å². The highest BCUT2D eigenvalue weighted by molar-refractivity contribution is 8.00. The normalized spacial score (nSPS) is 25.4. The molecule has 7 heteroatoms. The summed E-state index contributed by atoms with van der Waals surface area (Å²) >= 11 is 1.51. The molecule has 0 bridgehead atoms. The lowest BCUT2D eigenvalue weighted by atomic mass is 9.93. The molecule has 0 N–H and O–H groups in total. The summed E-state index contributed by atoms with van der Waals surface area (Å²) in [6, 6.07) is 9.72. The van der Waals surface area contributed by atoms with Gasteiger partial charge in [-0.2, -0.15) is 13.2 Å². The van der Waals surface area contributed by atoms with Crippen LogP contribution in [0.4, 0.5) is 19.0 Å². The number of halogens is 3. The molecule has 1 aromatic heterocycles. The van der Waals surface area contributed by atoms with E-state index in [1.54, 1.807) is 6.07 Å². The lowest BCUT2D eigenvalue weighted by molar-refractivity contribution is -0.137. The number of ether oxygens (including phenoxy) is 1. The maximum absolute atomic E-state index is 13.0. The highest BCUT2D eigenvalue weighted by Crippen LogP contribution is 2.46. The van der Waals surface area contributed by atoms with E-state index in [2.05, 4.69) is 28.9 Å². The van der Waals surface area contributed by atoms with E-state index in [-0.39, 0.29) is 10.9 Å². The highest BCUT2D eigenvalue weighted by atomic mass is 32.2. The van der Waals surface area contributed by atoms with Crippen LogP contribution in [0.2, 0.25) is 0 Å². The van der Waals surface area contributed by atoms with Gasteiger partial charge in [0.2, 0.25) is 0 Å². The molecule has 3 nitrogen and oxygen atoms in total. The van der Waals surface area contributed by atoms with Gasteiger partial charge in [-0.05, 0) is 62.4 Å². The van der Waals surface area contributed by atoms with Gasteiger partial charge in [-0.15, -0.1) is 11.8 Å². The Labute approximate surface area is 173 Å². The monoisotopic (exact) mass is 422 g/mol. The molecule has 2 aliphatic heterocycles. The third-order valence-corrected chi connectivity index (χ3v) is 7.02. The van der Waals surface area contributed by atoms with Crippen molar-refractivity contribution in [3.8, 4) is 0 Å². The van der Waals surface area contributed by atoms with Crippen LogP contribution < -0.4 is 4.90 Å². The first-order valence-electron chi connectivity index (χ1n) is 10.0. The van der Waals surface area contributed by atoms with Gasteiger partial charge in [0.15, 0.2) is 0 Å². The van der Waals surface area contributed by atoms with E-state index in [1.165, 1.54) is 36.7 Å². The molecule has 1 aromatic carbocycles.